The predicted octanol–water partition coefficient (Wildman–Crippen LogP) is -0.577. The molecule has 0 fully saturated rings. The highest BCUT2D eigenvalue weighted by Gasteiger charge is 2.12. The van der Waals surface area contributed by atoms with Crippen molar-refractivity contribution in [2.45, 2.75) is 13.0 Å². The van der Waals surface area contributed by atoms with E-state index in [0.29, 0.717) is 0 Å². The summed E-state index contributed by atoms with van der Waals surface area (Å²) in [6.07, 6.45) is 1.38. The van der Waals surface area contributed by atoms with Gasteiger partial charge in [0, 0.05) is 14.0 Å². The van der Waals surface area contributed by atoms with Crippen LogP contribution in [0, 0.1) is 0 Å². The van der Waals surface area contributed by atoms with Crippen molar-refractivity contribution < 1.29 is 9.59 Å². The second-order valence-electron chi connectivity index (χ2n) is 2.03. The molecule has 0 aromatic carbocycles. The van der Waals surface area contributed by atoms with Crippen LogP contribution in [0.1, 0.15) is 6.92 Å². The number of likely N-dealkylation sites (N-methyl/N-ethyl adjacent to an activating group) is 1. The molecule has 0 radical (unpaired) electrons. The molecule has 62 valence electrons. The lowest BCUT2D eigenvalue weighted by Gasteiger charge is -2.10. The van der Waals surface area contributed by atoms with Gasteiger partial charge in [0.25, 0.3) is 0 Å². The molecular weight excluding hydrogens is 144 g/mol. The van der Waals surface area contributed by atoms with Gasteiger partial charge < -0.3 is 10.6 Å². The van der Waals surface area contributed by atoms with Crippen LogP contribution in [-0.2, 0) is 9.59 Å². The minimum absolute atomic E-state index is 0.251. The van der Waals surface area contributed by atoms with E-state index in [0.717, 1.165) is 0 Å². The Morgan fingerprint density at radius 2 is 2.09 bits per heavy atom. The fourth-order valence-corrected chi connectivity index (χ4v) is 0.606. The van der Waals surface area contributed by atoms with E-state index in [4.69, 9.17) is 0 Å². The van der Waals surface area contributed by atoms with E-state index in [1.54, 1.807) is 0 Å². The van der Waals surface area contributed by atoms with Crippen molar-refractivity contribution in [3.8, 4) is 0 Å². The van der Waals surface area contributed by atoms with E-state index in [1.165, 1.54) is 20.0 Å². The topological polar surface area (TPSA) is 58.2 Å². The van der Waals surface area contributed by atoms with Crippen LogP contribution in [-0.4, -0.2) is 24.9 Å². The molecule has 0 rings (SSSR count). The molecule has 11 heavy (non-hydrogen) atoms. The van der Waals surface area contributed by atoms with Gasteiger partial charge >= 0.3 is 0 Å². The number of nitrogens with one attached hydrogen (secondary N) is 2. The Hall–Kier alpha value is -1.32. The van der Waals surface area contributed by atoms with E-state index in [2.05, 4.69) is 17.2 Å². The van der Waals surface area contributed by atoms with Gasteiger partial charge in [-0.05, 0) is 0 Å². The van der Waals surface area contributed by atoms with Gasteiger partial charge in [0.15, 0.2) is 0 Å². The lowest BCUT2D eigenvalue weighted by atomic mass is 10.3. The zero-order chi connectivity index (χ0) is 8.85. The normalized spacial score (nSPS) is 11.5. The summed E-state index contributed by atoms with van der Waals surface area (Å²) in [5.74, 6) is -0.520. The Bertz CT molecular complexity index is 177. The molecule has 4 heteroatoms. The summed E-state index contributed by atoms with van der Waals surface area (Å²) in [5.41, 5.74) is 0. The average molecular weight is 156 g/mol. The maximum Gasteiger partial charge on any atom is 0.246 e. The molecule has 0 spiro atoms. The smallest absolute Gasteiger partial charge is 0.246 e. The summed E-state index contributed by atoms with van der Waals surface area (Å²) in [6.45, 7) is 4.75. The maximum absolute atomic E-state index is 10.9. The van der Waals surface area contributed by atoms with Gasteiger partial charge in [0.05, 0.1) is 0 Å². The van der Waals surface area contributed by atoms with Gasteiger partial charge in [-0.1, -0.05) is 6.08 Å². The summed E-state index contributed by atoms with van der Waals surface area (Å²) < 4.78 is 0. The lowest BCUT2D eigenvalue weighted by Crippen LogP contribution is -2.43. The summed E-state index contributed by atoms with van der Waals surface area (Å²) in [7, 11) is 1.50. The van der Waals surface area contributed by atoms with Crippen molar-refractivity contribution in [1.29, 1.82) is 0 Å². The first-order valence-electron chi connectivity index (χ1n) is 3.23. The van der Waals surface area contributed by atoms with Crippen LogP contribution in [0.4, 0.5) is 0 Å². The number of hydrogen-bond acceptors (Lipinski definition) is 2. The van der Waals surface area contributed by atoms with Crippen molar-refractivity contribution in [2.75, 3.05) is 7.05 Å². The molecule has 4 nitrogen and oxygen atoms in total. The van der Waals surface area contributed by atoms with Crippen molar-refractivity contribution in [3.05, 3.63) is 12.7 Å². The maximum atomic E-state index is 10.9. The molecule has 0 aliphatic rings. The monoisotopic (exact) mass is 156 g/mol. The number of hydrogen-bond donors (Lipinski definition) is 2. The molecule has 0 saturated heterocycles. The Kier molecular flexibility index (Phi) is 3.95. The molecule has 1 atom stereocenters. The van der Waals surface area contributed by atoms with Crippen LogP contribution < -0.4 is 10.6 Å². The van der Waals surface area contributed by atoms with Gasteiger partial charge in [0.1, 0.15) is 6.04 Å². The van der Waals surface area contributed by atoms with Crippen molar-refractivity contribution in [3.63, 3.8) is 0 Å². The molecule has 0 saturated carbocycles. The first-order chi connectivity index (χ1) is 5.11. The third-order valence-electron chi connectivity index (χ3n) is 1.12. The van der Waals surface area contributed by atoms with Crippen LogP contribution in [0.15, 0.2) is 12.7 Å². The van der Waals surface area contributed by atoms with Crippen LogP contribution in [0.3, 0.4) is 0 Å². The Morgan fingerprint density at radius 3 is 2.36 bits per heavy atom. The molecule has 2 amide bonds. The average Bonchev–Trinajstić information content (AvgIpc) is 1.98. The van der Waals surface area contributed by atoms with Crippen molar-refractivity contribution in [2.24, 2.45) is 0 Å². The van der Waals surface area contributed by atoms with Gasteiger partial charge in [-0.25, -0.2) is 0 Å². The second-order valence-corrected chi connectivity index (χ2v) is 2.03. The molecule has 2 N–H and O–H groups in total. The molecule has 0 unspecified atom stereocenters. The van der Waals surface area contributed by atoms with Crippen LogP contribution in [0.5, 0.6) is 0 Å². The third-order valence-corrected chi connectivity index (χ3v) is 1.12. The van der Waals surface area contributed by atoms with E-state index in [-0.39, 0.29) is 11.8 Å². The number of amides is 2. The summed E-state index contributed by atoms with van der Waals surface area (Å²) >= 11 is 0. The summed E-state index contributed by atoms with van der Waals surface area (Å²) in [5, 5.41) is 4.81. The largest absolute Gasteiger partial charge is 0.357 e. The number of carbonyl (C=O) groups is 2. The van der Waals surface area contributed by atoms with E-state index in [1.807, 2.05) is 0 Å². The lowest BCUT2D eigenvalue weighted by molar-refractivity contribution is -0.126. The van der Waals surface area contributed by atoms with Gasteiger partial charge in [-0.2, -0.15) is 0 Å². The Morgan fingerprint density at radius 1 is 1.55 bits per heavy atom. The molecule has 0 aromatic rings. The van der Waals surface area contributed by atoms with Crippen LogP contribution in [0.25, 0.3) is 0 Å². The van der Waals surface area contributed by atoms with Crippen molar-refractivity contribution >= 4 is 11.8 Å². The van der Waals surface area contributed by atoms with Gasteiger partial charge in [0.2, 0.25) is 11.8 Å². The Balaban J connectivity index is 4.05. The zero-order valence-corrected chi connectivity index (χ0v) is 6.68. The van der Waals surface area contributed by atoms with Gasteiger partial charge in [-0.15, -0.1) is 6.58 Å². The molecule has 0 heterocycles. The second kappa shape index (κ2) is 4.49. The van der Waals surface area contributed by atoms with E-state index < -0.39 is 6.04 Å². The van der Waals surface area contributed by atoms with Crippen LogP contribution in [0.2, 0.25) is 0 Å². The quantitative estimate of drug-likeness (QED) is 0.537. The minimum atomic E-state index is -0.627. The zero-order valence-electron chi connectivity index (χ0n) is 6.68. The van der Waals surface area contributed by atoms with E-state index in [9.17, 15) is 9.59 Å². The fraction of sp³-hybridized carbons (Fsp3) is 0.429. The highest BCUT2D eigenvalue weighted by atomic mass is 16.2. The molecule has 0 aromatic heterocycles. The highest BCUT2D eigenvalue weighted by molar-refractivity contribution is 5.88. The van der Waals surface area contributed by atoms with Crippen molar-refractivity contribution in [1.82, 2.24) is 10.6 Å². The molecular formula is C7H12N2O2. The summed E-state index contributed by atoms with van der Waals surface area (Å²) in [4.78, 5) is 21.4. The van der Waals surface area contributed by atoms with E-state index >= 15 is 0 Å². The number of carbonyl (C=O) groups excluding carboxylic acids is 2. The molecule has 0 aliphatic heterocycles. The highest BCUT2D eigenvalue weighted by Crippen LogP contribution is 1.83. The predicted molar refractivity (Wildman–Crippen MR) is 41.9 cm³/mol. The fourth-order valence-electron chi connectivity index (χ4n) is 0.606. The first-order valence-corrected chi connectivity index (χ1v) is 3.23. The SMILES string of the molecule is C=C[C@H](NC(C)=O)C(=O)NC. The van der Waals surface area contributed by atoms with Crippen LogP contribution >= 0.6 is 0 Å². The van der Waals surface area contributed by atoms with Gasteiger partial charge in [-0.3, -0.25) is 9.59 Å². The Labute approximate surface area is 65.7 Å². The third kappa shape index (κ3) is 3.40. The molecule has 0 aliphatic carbocycles. The number of rotatable bonds is 3. The standard InChI is InChI=1S/C7H12N2O2/c1-4-6(7(11)8-3)9-5(2)10/h4,6H,1H2,2-3H3,(H,8,11)(H,9,10)/t6-/m0/s1. The summed E-state index contributed by atoms with van der Waals surface area (Å²) in [6, 6.07) is -0.627. The first kappa shape index (κ1) is 9.68. The minimum Gasteiger partial charge on any atom is -0.357 e. The molecule has 0 bridgehead atoms.